The van der Waals surface area contributed by atoms with Gasteiger partial charge in [-0.25, -0.2) is 13.1 Å². The number of carbonyl (C=O) groups is 1. The van der Waals surface area contributed by atoms with Crippen LogP contribution in [0, 0.1) is 0 Å². The van der Waals surface area contributed by atoms with E-state index >= 15 is 0 Å². The summed E-state index contributed by atoms with van der Waals surface area (Å²) in [7, 11) is 0.447. The molecule has 2 aromatic carbocycles. The van der Waals surface area contributed by atoms with Gasteiger partial charge in [0.1, 0.15) is 16.4 Å². The number of hydrogen-bond donors (Lipinski definition) is 2. The maximum atomic E-state index is 12.6. The Hall–Kier alpha value is -2.62. The molecular formula is C18H22N2O6S. The van der Waals surface area contributed by atoms with Crippen molar-refractivity contribution in [1.82, 2.24) is 4.72 Å². The van der Waals surface area contributed by atoms with Crippen LogP contribution in [0.1, 0.15) is 10.4 Å². The summed E-state index contributed by atoms with van der Waals surface area (Å²) in [6.07, 6.45) is 0. The van der Waals surface area contributed by atoms with Crippen LogP contribution in [-0.2, 0) is 14.8 Å². The van der Waals surface area contributed by atoms with E-state index in [4.69, 9.17) is 14.2 Å². The SMILES string of the molecule is COCCNS(=O)(=O)c1cc(C(=O)Nc2ccccc2OC)ccc1OC. The minimum Gasteiger partial charge on any atom is -0.495 e. The first-order valence-electron chi connectivity index (χ1n) is 8.04. The third-order valence-corrected chi connectivity index (χ3v) is 5.15. The summed E-state index contributed by atoms with van der Waals surface area (Å²) in [5.74, 6) is 0.151. The summed E-state index contributed by atoms with van der Waals surface area (Å²) in [4.78, 5) is 12.4. The van der Waals surface area contributed by atoms with Gasteiger partial charge in [-0.15, -0.1) is 0 Å². The van der Waals surface area contributed by atoms with Crippen LogP contribution < -0.4 is 19.5 Å². The fraction of sp³-hybridized carbons (Fsp3) is 0.278. The Morgan fingerprint density at radius 3 is 2.37 bits per heavy atom. The zero-order chi connectivity index (χ0) is 19.9. The topological polar surface area (TPSA) is 103 Å². The van der Waals surface area contributed by atoms with Gasteiger partial charge in [-0.3, -0.25) is 4.79 Å². The van der Waals surface area contributed by atoms with Gasteiger partial charge in [0.25, 0.3) is 5.91 Å². The Morgan fingerprint density at radius 1 is 1.00 bits per heavy atom. The lowest BCUT2D eigenvalue weighted by Crippen LogP contribution is -2.28. The van der Waals surface area contributed by atoms with E-state index in [0.29, 0.717) is 11.4 Å². The monoisotopic (exact) mass is 394 g/mol. The van der Waals surface area contributed by atoms with Crippen LogP contribution >= 0.6 is 0 Å². The molecule has 0 bridgehead atoms. The summed E-state index contributed by atoms with van der Waals surface area (Å²) in [6, 6.07) is 11.1. The van der Waals surface area contributed by atoms with Gasteiger partial charge in [0.15, 0.2) is 0 Å². The minimum atomic E-state index is -3.88. The number of hydrogen-bond acceptors (Lipinski definition) is 6. The highest BCUT2D eigenvalue weighted by Crippen LogP contribution is 2.27. The normalized spacial score (nSPS) is 11.1. The molecule has 27 heavy (non-hydrogen) atoms. The van der Waals surface area contributed by atoms with Crippen LogP contribution in [0.15, 0.2) is 47.4 Å². The van der Waals surface area contributed by atoms with Crippen LogP contribution in [-0.4, -0.2) is 48.8 Å². The second-order valence-corrected chi connectivity index (χ2v) is 7.15. The molecule has 0 heterocycles. The standard InChI is InChI=1S/C18H22N2O6S/c1-24-11-10-19-27(22,23)17-12-13(8-9-16(17)26-3)18(21)20-14-6-4-5-7-15(14)25-2/h4-9,12,19H,10-11H2,1-3H3,(H,20,21). The van der Waals surface area contributed by atoms with Gasteiger partial charge in [-0.2, -0.15) is 0 Å². The van der Waals surface area contributed by atoms with Crippen molar-refractivity contribution in [2.75, 3.05) is 39.8 Å². The first kappa shape index (κ1) is 20.7. The zero-order valence-corrected chi connectivity index (χ0v) is 16.1. The maximum Gasteiger partial charge on any atom is 0.255 e. The van der Waals surface area contributed by atoms with Crippen molar-refractivity contribution in [2.24, 2.45) is 0 Å². The van der Waals surface area contributed by atoms with Gasteiger partial charge in [0, 0.05) is 19.2 Å². The van der Waals surface area contributed by atoms with E-state index in [-0.39, 0.29) is 29.4 Å². The van der Waals surface area contributed by atoms with Crippen molar-refractivity contribution in [3.05, 3.63) is 48.0 Å². The van der Waals surface area contributed by atoms with Gasteiger partial charge < -0.3 is 19.5 Å². The van der Waals surface area contributed by atoms with Crippen molar-refractivity contribution < 1.29 is 27.4 Å². The number of ether oxygens (including phenoxy) is 3. The number of anilines is 1. The van der Waals surface area contributed by atoms with Crippen LogP contribution in [0.2, 0.25) is 0 Å². The lowest BCUT2D eigenvalue weighted by Gasteiger charge is -2.13. The molecule has 9 heteroatoms. The number of nitrogens with one attached hydrogen (secondary N) is 2. The third kappa shape index (κ3) is 5.19. The van der Waals surface area contributed by atoms with E-state index < -0.39 is 15.9 Å². The summed E-state index contributed by atoms with van der Waals surface area (Å²) in [5, 5.41) is 2.71. The van der Waals surface area contributed by atoms with Gasteiger partial charge >= 0.3 is 0 Å². The Morgan fingerprint density at radius 2 is 1.70 bits per heavy atom. The number of rotatable bonds is 9. The average molecular weight is 394 g/mol. The fourth-order valence-electron chi connectivity index (χ4n) is 2.33. The summed E-state index contributed by atoms with van der Waals surface area (Å²) < 4.78 is 42.6. The van der Waals surface area contributed by atoms with Crippen LogP contribution in [0.5, 0.6) is 11.5 Å². The van der Waals surface area contributed by atoms with E-state index in [1.165, 1.54) is 39.5 Å². The number of carbonyl (C=O) groups excluding carboxylic acids is 1. The molecule has 0 aromatic heterocycles. The Bertz CT molecular complexity index is 898. The average Bonchev–Trinajstić information content (AvgIpc) is 2.68. The van der Waals surface area contributed by atoms with Gasteiger partial charge in [-0.05, 0) is 30.3 Å². The Balaban J connectivity index is 2.31. The largest absolute Gasteiger partial charge is 0.495 e. The molecule has 2 aromatic rings. The fourth-order valence-corrected chi connectivity index (χ4v) is 3.53. The molecule has 1 amide bonds. The Labute approximate surface area is 158 Å². The molecule has 0 aliphatic heterocycles. The highest BCUT2D eigenvalue weighted by molar-refractivity contribution is 7.89. The van der Waals surface area contributed by atoms with Crippen molar-refractivity contribution in [1.29, 1.82) is 0 Å². The van der Waals surface area contributed by atoms with Crippen molar-refractivity contribution in [3.63, 3.8) is 0 Å². The quantitative estimate of drug-likeness (QED) is 0.630. The van der Waals surface area contributed by atoms with E-state index in [0.717, 1.165) is 0 Å². The number of para-hydroxylation sites is 2. The number of methoxy groups -OCH3 is 3. The smallest absolute Gasteiger partial charge is 0.255 e. The van der Waals surface area contributed by atoms with Crippen LogP contribution in [0.3, 0.4) is 0 Å². The van der Waals surface area contributed by atoms with Crippen molar-refractivity contribution >= 4 is 21.6 Å². The molecule has 0 saturated carbocycles. The molecule has 8 nitrogen and oxygen atoms in total. The third-order valence-electron chi connectivity index (χ3n) is 3.67. The molecule has 0 radical (unpaired) electrons. The van der Waals surface area contributed by atoms with Crippen LogP contribution in [0.25, 0.3) is 0 Å². The van der Waals surface area contributed by atoms with Gasteiger partial charge in [-0.1, -0.05) is 12.1 Å². The first-order chi connectivity index (χ1) is 12.9. The molecule has 0 saturated heterocycles. The highest BCUT2D eigenvalue weighted by atomic mass is 32.2. The summed E-state index contributed by atoms with van der Waals surface area (Å²) >= 11 is 0. The van der Waals surface area contributed by atoms with Gasteiger partial charge in [0.05, 0.1) is 26.5 Å². The molecule has 0 aliphatic rings. The molecule has 2 N–H and O–H groups in total. The van der Waals surface area contributed by atoms with E-state index in [2.05, 4.69) is 10.0 Å². The zero-order valence-electron chi connectivity index (χ0n) is 15.3. The molecule has 0 fully saturated rings. The first-order valence-corrected chi connectivity index (χ1v) is 9.52. The predicted octanol–water partition coefficient (Wildman–Crippen LogP) is 1.88. The minimum absolute atomic E-state index is 0.0969. The summed E-state index contributed by atoms with van der Waals surface area (Å²) in [6.45, 7) is 0.315. The van der Waals surface area contributed by atoms with E-state index in [9.17, 15) is 13.2 Å². The van der Waals surface area contributed by atoms with Gasteiger partial charge in [0.2, 0.25) is 10.0 Å². The van der Waals surface area contributed by atoms with Crippen molar-refractivity contribution in [3.8, 4) is 11.5 Å². The molecule has 0 unspecified atom stereocenters. The molecule has 146 valence electrons. The number of amides is 1. The molecule has 0 aliphatic carbocycles. The second-order valence-electron chi connectivity index (χ2n) is 5.41. The molecule has 0 spiro atoms. The predicted molar refractivity (Wildman–Crippen MR) is 101 cm³/mol. The lowest BCUT2D eigenvalue weighted by atomic mass is 10.2. The van der Waals surface area contributed by atoms with Crippen molar-refractivity contribution in [2.45, 2.75) is 4.90 Å². The number of benzene rings is 2. The number of sulfonamides is 1. The lowest BCUT2D eigenvalue weighted by molar-refractivity contribution is 0.102. The molecule has 0 atom stereocenters. The maximum absolute atomic E-state index is 12.6. The van der Waals surface area contributed by atoms with E-state index in [1.54, 1.807) is 24.3 Å². The van der Waals surface area contributed by atoms with E-state index in [1.807, 2.05) is 0 Å². The Kier molecular flexibility index (Phi) is 7.17. The highest BCUT2D eigenvalue weighted by Gasteiger charge is 2.21. The molecular weight excluding hydrogens is 372 g/mol. The van der Waals surface area contributed by atoms with Crippen LogP contribution in [0.4, 0.5) is 5.69 Å². The molecule has 2 rings (SSSR count). The summed E-state index contributed by atoms with van der Waals surface area (Å²) in [5.41, 5.74) is 0.636. The second kappa shape index (κ2) is 9.36.